The Balaban J connectivity index is 1.35. The van der Waals surface area contributed by atoms with Crippen molar-refractivity contribution in [3.05, 3.63) is 81.9 Å². The molecule has 1 N–H and O–H groups in total. The van der Waals surface area contributed by atoms with E-state index in [0.717, 1.165) is 29.5 Å². The van der Waals surface area contributed by atoms with Crippen LogP contribution < -0.4 is 10.2 Å². The molecule has 3 aromatic heterocycles. The van der Waals surface area contributed by atoms with E-state index in [1.54, 1.807) is 22.0 Å². The van der Waals surface area contributed by atoms with Crippen molar-refractivity contribution in [1.29, 1.82) is 0 Å². The Morgan fingerprint density at radius 2 is 1.98 bits per heavy atom. The third-order valence-corrected chi connectivity index (χ3v) is 7.51. The molecule has 1 aliphatic rings. The predicted molar refractivity (Wildman–Crippen MR) is 154 cm³/mol. The number of hydrogen-bond acceptors (Lipinski definition) is 6. The zero-order chi connectivity index (χ0) is 31.0. The quantitative estimate of drug-likeness (QED) is 0.261. The summed E-state index contributed by atoms with van der Waals surface area (Å²) in [5.41, 5.74) is 0.564. The van der Waals surface area contributed by atoms with Crippen molar-refractivity contribution in [2.45, 2.75) is 39.7 Å². The molecule has 0 bridgehead atoms. The van der Waals surface area contributed by atoms with Crippen LogP contribution in [-0.2, 0) is 4.79 Å². The van der Waals surface area contributed by atoms with E-state index < -0.39 is 29.3 Å². The van der Waals surface area contributed by atoms with E-state index in [0.29, 0.717) is 24.5 Å². The average molecular weight is 608 g/mol. The Kier molecular flexibility index (Phi) is 8.19. The van der Waals surface area contributed by atoms with E-state index in [1.165, 1.54) is 13.1 Å². The van der Waals surface area contributed by atoms with Gasteiger partial charge in [0.25, 0.3) is 12.3 Å². The van der Waals surface area contributed by atoms with Crippen LogP contribution in [0.2, 0.25) is 5.02 Å². The second-order valence-corrected chi connectivity index (χ2v) is 10.5. The number of carbonyl (C=O) groups is 2. The number of alkyl halides is 2. The van der Waals surface area contributed by atoms with Crippen LogP contribution in [0.25, 0.3) is 11.3 Å². The Bertz CT molecular complexity index is 1790. The molecule has 0 radical (unpaired) electrons. The van der Waals surface area contributed by atoms with E-state index in [4.69, 9.17) is 18.0 Å². The number of benzene rings is 1. The molecule has 0 aliphatic carbocycles. The molecule has 5 rings (SSSR count). The predicted octanol–water partition coefficient (Wildman–Crippen LogP) is 5.93. The van der Waals surface area contributed by atoms with Gasteiger partial charge in [-0.15, -0.1) is 12.3 Å². The largest absolute Gasteiger partial charge is 0.318 e. The first kappa shape index (κ1) is 29.7. The van der Waals surface area contributed by atoms with Gasteiger partial charge in [-0.3, -0.25) is 24.2 Å². The van der Waals surface area contributed by atoms with Crippen molar-refractivity contribution < 1.29 is 22.8 Å². The number of terminal acetylenes is 1. The lowest BCUT2D eigenvalue weighted by Crippen LogP contribution is -2.26. The number of aromatic nitrogens is 5. The van der Waals surface area contributed by atoms with Gasteiger partial charge in [0.1, 0.15) is 11.5 Å². The molecular formula is C30H25ClF3N7O2. The van der Waals surface area contributed by atoms with Crippen molar-refractivity contribution in [1.82, 2.24) is 24.7 Å². The maximum absolute atomic E-state index is 14.8. The van der Waals surface area contributed by atoms with Crippen LogP contribution in [0.3, 0.4) is 0 Å². The van der Waals surface area contributed by atoms with Gasteiger partial charge in [0.2, 0.25) is 5.91 Å². The van der Waals surface area contributed by atoms with Crippen LogP contribution in [-0.4, -0.2) is 43.1 Å². The Morgan fingerprint density at radius 3 is 2.65 bits per heavy atom. The molecule has 1 aromatic carbocycles. The van der Waals surface area contributed by atoms with E-state index in [1.807, 2.05) is 19.9 Å². The minimum absolute atomic E-state index is 0.0653. The molecule has 220 valence electrons. The average Bonchev–Trinajstić information content (AvgIpc) is 3.60. The van der Waals surface area contributed by atoms with Crippen LogP contribution in [0.1, 0.15) is 58.7 Å². The van der Waals surface area contributed by atoms with Gasteiger partial charge in [0.05, 0.1) is 40.5 Å². The van der Waals surface area contributed by atoms with Gasteiger partial charge >= 0.3 is 0 Å². The molecule has 1 saturated heterocycles. The van der Waals surface area contributed by atoms with Gasteiger partial charge in [0, 0.05) is 42.4 Å². The van der Waals surface area contributed by atoms with Crippen LogP contribution in [0.15, 0.2) is 43.0 Å². The number of amides is 2. The Morgan fingerprint density at radius 1 is 1.21 bits per heavy atom. The minimum atomic E-state index is -3.01. The van der Waals surface area contributed by atoms with Crippen LogP contribution >= 0.6 is 11.6 Å². The normalized spacial score (nSPS) is 15.6. The molecule has 1 fully saturated rings. The number of halogens is 4. The lowest BCUT2D eigenvalue weighted by Gasteiger charge is -2.19. The maximum Gasteiger partial charge on any atom is 0.276 e. The zero-order valence-corrected chi connectivity index (χ0v) is 24.0. The van der Waals surface area contributed by atoms with Crippen molar-refractivity contribution in [3.8, 4) is 23.6 Å². The number of pyridine rings is 1. The molecule has 1 unspecified atom stereocenters. The van der Waals surface area contributed by atoms with Gasteiger partial charge < -0.3 is 5.32 Å². The minimum Gasteiger partial charge on any atom is -0.318 e. The number of rotatable bonds is 7. The Hall–Kier alpha value is -4.76. The summed E-state index contributed by atoms with van der Waals surface area (Å²) in [6.45, 7) is 5.69. The number of nitrogens with zero attached hydrogens (tertiary/aromatic N) is 6. The smallest absolute Gasteiger partial charge is 0.276 e. The fraction of sp³-hybridized carbons (Fsp3) is 0.267. The van der Waals surface area contributed by atoms with Crippen molar-refractivity contribution in [2.24, 2.45) is 5.92 Å². The number of anilines is 2. The second kappa shape index (κ2) is 11.9. The lowest BCUT2D eigenvalue weighted by molar-refractivity contribution is -0.117. The monoisotopic (exact) mass is 607 g/mol. The highest BCUT2D eigenvalue weighted by atomic mass is 35.5. The van der Waals surface area contributed by atoms with E-state index in [2.05, 4.69) is 31.3 Å². The SMILES string of the molecule is C#C[C@H]1CC(=O)N(c2ncc(C(C)n3cc(NC(=O)c4nc(-c5c(C(F)F)ccc(Cl)c5F)cnc4C)cn3)cc2C)C1. The second-order valence-electron chi connectivity index (χ2n) is 10.1. The zero-order valence-electron chi connectivity index (χ0n) is 23.3. The third kappa shape index (κ3) is 5.81. The third-order valence-electron chi connectivity index (χ3n) is 7.22. The summed E-state index contributed by atoms with van der Waals surface area (Å²) >= 11 is 5.83. The number of aryl methyl sites for hydroxylation is 2. The number of nitrogens with one attached hydrogen (secondary N) is 1. The highest BCUT2D eigenvalue weighted by Crippen LogP contribution is 2.36. The van der Waals surface area contributed by atoms with E-state index >= 15 is 0 Å². The van der Waals surface area contributed by atoms with Crippen LogP contribution in [0.4, 0.5) is 24.7 Å². The molecule has 2 amide bonds. The lowest BCUT2D eigenvalue weighted by atomic mass is 10.0. The molecule has 4 aromatic rings. The highest BCUT2D eigenvalue weighted by molar-refractivity contribution is 6.31. The molecule has 0 spiro atoms. The van der Waals surface area contributed by atoms with Crippen molar-refractivity contribution >= 4 is 34.9 Å². The molecule has 4 heterocycles. The molecule has 13 heteroatoms. The molecular weight excluding hydrogens is 583 g/mol. The Labute approximate surface area is 250 Å². The molecule has 2 atom stereocenters. The summed E-state index contributed by atoms with van der Waals surface area (Å²) in [5.74, 6) is 1.20. The first-order chi connectivity index (χ1) is 20.5. The first-order valence-corrected chi connectivity index (χ1v) is 13.5. The summed E-state index contributed by atoms with van der Waals surface area (Å²) in [5, 5.41) is 6.65. The molecule has 1 aliphatic heterocycles. The molecule has 9 nitrogen and oxygen atoms in total. The molecule has 43 heavy (non-hydrogen) atoms. The van der Waals surface area contributed by atoms with E-state index in [-0.39, 0.29) is 40.0 Å². The van der Waals surface area contributed by atoms with E-state index in [9.17, 15) is 22.8 Å². The van der Waals surface area contributed by atoms with Crippen molar-refractivity contribution in [2.75, 3.05) is 16.8 Å². The summed E-state index contributed by atoms with van der Waals surface area (Å²) in [7, 11) is 0. The van der Waals surface area contributed by atoms with Gasteiger partial charge in [-0.25, -0.2) is 23.1 Å². The fourth-order valence-corrected chi connectivity index (χ4v) is 5.03. The fourth-order valence-electron chi connectivity index (χ4n) is 4.87. The van der Waals surface area contributed by atoms with Crippen LogP contribution in [0.5, 0.6) is 0 Å². The highest BCUT2D eigenvalue weighted by Gasteiger charge is 2.31. The summed E-state index contributed by atoms with van der Waals surface area (Å²) in [6, 6.07) is 3.66. The van der Waals surface area contributed by atoms with Crippen molar-refractivity contribution in [3.63, 3.8) is 0 Å². The first-order valence-electron chi connectivity index (χ1n) is 13.2. The van der Waals surface area contributed by atoms with Gasteiger partial charge in [0.15, 0.2) is 5.82 Å². The standard InChI is InChI=1S/C30H25ClF3N7O2/c1-5-18-9-24(42)40(13-18)29-15(2)8-19(10-36-29)17(4)41-14-20(11-37-41)38-30(43)27-16(3)35-12-23(39-27)25-21(28(33)34)6-7-22(31)26(25)32/h1,6-8,10-12,14,17-18,28H,9,13H2,2-4H3,(H,38,43)/t17?,18-/m0/s1. The topological polar surface area (TPSA) is 106 Å². The summed E-state index contributed by atoms with van der Waals surface area (Å²) < 4.78 is 43.7. The summed E-state index contributed by atoms with van der Waals surface area (Å²) in [4.78, 5) is 39.9. The number of hydrogen-bond donors (Lipinski definition) is 1. The van der Waals surface area contributed by atoms with Gasteiger partial charge in [-0.05, 0) is 44.0 Å². The molecule has 0 saturated carbocycles. The van der Waals surface area contributed by atoms with Gasteiger partial charge in [-0.1, -0.05) is 17.7 Å². The van der Waals surface area contributed by atoms with Gasteiger partial charge in [-0.2, -0.15) is 5.10 Å². The number of carbonyl (C=O) groups excluding carboxylic acids is 2. The maximum atomic E-state index is 14.8. The van der Waals surface area contributed by atoms with Crippen LogP contribution in [0, 0.1) is 37.9 Å². The summed E-state index contributed by atoms with van der Waals surface area (Å²) in [6.07, 6.45) is 8.60.